The summed E-state index contributed by atoms with van der Waals surface area (Å²) in [5.41, 5.74) is 4.94. The number of aryl methyl sites for hydroxylation is 2. The third-order valence-corrected chi connectivity index (χ3v) is 3.87. The lowest BCUT2D eigenvalue weighted by molar-refractivity contribution is 0.602. The Morgan fingerprint density at radius 1 is 1.17 bits per heavy atom. The summed E-state index contributed by atoms with van der Waals surface area (Å²) in [6, 6.07) is 7.13. The van der Waals surface area contributed by atoms with E-state index in [1.807, 2.05) is 44.6 Å². The van der Waals surface area contributed by atoms with Crippen LogP contribution in [0.3, 0.4) is 0 Å². The van der Waals surface area contributed by atoms with Crippen molar-refractivity contribution in [3.63, 3.8) is 0 Å². The van der Waals surface area contributed by atoms with Crippen LogP contribution < -0.4 is 5.56 Å². The normalized spacial score (nSPS) is 11.2. The monoisotopic (exact) mass is 306 g/mol. The maximum atomic E-state index is 12.4. The molecule has 4 rings (SSSR count). The van der Waals surface area contributed by atoms with Gasteiger partial charge < -0.3 is 4.42 Å². The zero-order chi connectivity index (χ0) is 16.0. The number of hydrogen-bond acceptors (Lipinski definition) is 4. The van der Waals surface area contributed by atoms with Crippen molar-refractivity contribution in [2.75, 3.05) is 0 Å². The maximum absolute atomic E-state index is 12.4. The van der Waals surface area contributed by atoms with Crippen molar-refractivity contribution in [1.29, 1.82) is 0 Å². The van der Waals surface area contributed by atoms with Crippen LogP contribution in [-0.2, 0) is 7.05 Å². The van der Waals surface area contributed by atoms with E-state index >= 15 is 0 Å². The molecule has 0 N–H and O–H groups in total. The van der Waals surface area contributed by atoms with Gasteiger partial charge in [0.15, 0.2) is 12.0 Å². The third-order valence-electron chi connectivity index (χ3n) is 3.87. The van der Waals surface area contributed by atoms with E-state index in [-0.39, 0.29) is 5.56 Å². The van der Waals surface area contributed by atoms with Crippen LogP contribution in [0.5, 0.6) is 0 Å². The van der Waals surface area contributed by atoms with Crippen LogP contribution in [0.25, 0.3) is 27.9 Å². The van der Waals surface area contributed by atoms with Crippen LogP contribution in [-0.4, -0.2) is 19.3 Å². The van der Waals surface area contributed by atoms with E-state index in [0.29, 0.717) is 5.58 Å². The molecule has 6 nitrogen and oxygen atoms in total. The molecule has 0 bridgehead atoms. The summed E-state index contributed by atoms with van der Waals surface area (Å²) in [4.78, 5) is 16.5. The topological polar surface area (TPSA) is 65.8 Å². The maximum Gasteiger partial charge on any atom is 0.255 e. The molecule has 4 aromatic rings. The van der Waals surface area contributed by atoms with Gasteiger partial charge in [-0.05, 0) is 30.7 Å². The molecule has 0 saturated heterocycles. The fourth-order valence-electron chi connectivity index (χ4n) is 2.69. The predicted octanol–water partition coefficient (Wildman–Crippen LogP) is 2.69. The molecule has 23 heavy (non-hydrogen) atoms. The average Bonchev–Trinajstić information content (AvgIpc) is 3.15. The van der Waals surface area contributed by atoms with E-state index in [0.717, 1.165) is 27.9 Å². The average molecular weight is 306 g/mol. The number of aromatic nitrogens is 4. The highest BCUT2D eigenvalue weighted by Gasteiger charge is 2.10. The van der Waals surface area contributed by atoms with Gasteiger partial charge in [-0.15, -0.1) is 0 Å². The van der Waals surface area contributed by atoms with E-state index < -0.39 is 0 Å². The first-order valence-electron chi connectivity index (χ1n) is 7.18. The Bertz CT molecular complexity index is 1070. The molecule has 3 heterocycles. The van der Waals surface area contributed by atoms with E-state index in [2.05, 4.69) is 10.1 Å². The van der Waals surface area contributed by atoms with E-state index in [9.17, 15) is 4.79 Å². The summed E-state index contributed by atoms with van der Waals surface area (Å²) in [6.07, 6.45) is 6.96. The highest BCUT2D eigenvalue weighted by Crippen LogP contribution is 2.23. The molecule has 0 aliphatic rings. The van der Waals surface area contributed by atoms with Crippen LogP contribution in [0.1, 0.15) is 5.56 Å². The number of oxazole rings is 1. The molecule has 0 saturated carbocycles. The van der Waals surface area contributed by atoms with Crippen LogP contribution in [0.4, 0.5) is 0 Å². The number of benzene rings is 1. The van der Waals surface area contributed by atoms with Gasteiger partial charge in [-0.1, -0.05) is 0 Å². The molecule has 0 aliphatic carbocycles. The minimum absolute atomic E-state index is 0.0852. The molecular formula is C17H14N4O2. The molecule has 6 heteroatoms. The zero-order valence-electron chi connectivity index (χ0n) is 12.7. The van der Waals surface area contributed by atoms with Crippen LogP contribution in [0.2, 0.25) is 0 Å². The number of fused-ring (bicyclic) bond motifs is 1. The largest absolute Gasteiger partial charge is 0.443 e. The summed E-state index contributed by atoms with van der Waals surface area (Å²) in [5, 5.41) is 4.20. The van der Waals surface area contributed by atoms with Gasteiger partial charge in [0.2, 0.25) is 0 Å². The molecular weight excluding hydrogens is 292 g/mol. The minimum Gasteiger partial charge on any atom is -0.443 e. The molecule has 0 radical (unpaired) electrons. The summed E-state index contributed by atoms with van der Waals surface area (Å²) in [5.74, 6) is 0. The van der Waals surface area contributed by atoms with Crippen molar-refractivity contribution >= 4 is 11.1 Å². The van der Waals surface area contributed by atoms with E-state index in [4.69, 9.17) is 4.42 Å². The van der Waals surface area contributed by atoms with E-state index in [1.54, 1.807) is 21.5 Å². The molecule has 0 unspecified atom stereocenters. The van der Waals surface area contributed by atoms with Crippen molar-refractivity contribution in [3.05, 3.63) is 65.2 Å². The van der Waals surface area contributed by atoms with Crippen molar-refractivity contribution in [2.45, 2.75) is 6.92 Å². The van der Waals surface area contributed by atoms with Crippen molar-refractivity contribution in [1.82, 2.24) is 19.3 Å². The van der Waals surface area contributed by atoms with Gasteiger partial charge in [-0.25, -0.2) is 4.98 Å². The van der Waals surface area contributed by atoms with Gasteiger partial charge in [0, 0.05) is 36.6 Å². The number of nitrogens with zero attached hydrogens (tertiary/aromatic N) is 4. The fraction of sp³-hybridized carbons (Fsp3) is 0.118. The molecule has 3 aromatic heterocycles. The Morgan fingerprint density at radius 3 is 2.83 bits per heavy atom. The number of hydrogen-bond donors (Lipinski definition) is 0. The predicted molar refractivity (Wildman–Crippen MR) is 86.5 cm³/mol. The summed E-state index contributed by atoms with van der Waals surface area (Å²) in [6.45, 7) is 1.93. The molecule has 0 amide bonds. The van der Waals surface area contributed by atoms with Crippen LogP contribution in [0.15, 0.2) is 58.5 Å². The number of rotatable bonds is 2. The SMILES string of the molecule is Cc1cc(=O)n(-c2ccc3ocnc3c2)cc1-c1cnn(C)c1. The van der Waals surface area contributed by atoms with Gasteiger partial charge in [-0.2, -0.15) is 5.10 Å². The third kappa shape index (κ3) is 2.24. The van der Waals surface area contributed by atoms with Crippen LogP contribution in [0, 0.1) is 6.92 Å². The minimum atomic E-state index is -0.0852. The van der Waals surface area contributed by atoms with Crippen molar-refractivity contribution < 1.29 is 4.42 Å². The standard InChI is InChI=1S/C17H14N4O2/c1-11-5-17(22)21(9-14(11)12-7-19-20(2)8-12)13-3-4-16-15(6-13)18-10-23-16/h3-10H,1-2H3. The first-order chi connectivity index (χ1) is 11.1. The first-order valence-corrected chi connectivity index (χ1v) is 7.18. The molecule has 114 valence electrons. The molecule has 0 atom stereocenters. The van der Waals surface area contributed by atoms with Gasteiger partial charge in [-0.3, -0.25) is 14.0 Å². The highest BCUT2D eigenvalue weighted by molar-refractivity contribution is 5.75. The Kier molecular flexibility index (Phi) is 2.90. The van der Waals surface area contributed by atoms with Gasteiger partial charge in [0.05, 0.1) is 11.9 Å². The van der Waals surface area contributed by atoms with E-state index in [1.165, 1.54) is 6.39 Å². The van der Waals surface area contributed by atoms with Gasteiger partial charge >= 0.3 is 0 Å². The Labute approximate surface area is 131 Å². The Balaban J connectivity index is 1.92. The van der Waals surface area contributed by atoms with Crippen molar-refractivity contribution in [2.24, 2.45) is 7.05 Å². The quantitative estimate of drug-likeness (QED) is 0.571. The second-order valence-electron chi connectivity index (χ2n) is 5.49. The zero-order valence-corrected chi connectivity index (χ0v) is 12.7. The van der Waals surface area contributed by atoms with Gasteiger partial charge in [0.1, 0.15) is 5.52 Å². The highest BCUT2D eigenvalue weighted by atomic mass is 16.3. The number of pyridine rings is 1. The lowest BCUT2D eigenvalue weighted by Crippen LogP contribution is -2.17. The van der Waals surface area contributed by atoms with Gasteiger partial charge in [0.25, 0.3) is 5.56 Å². The second kappa shape index (κ2) is 4.95. The lowest BCUT2D eigenvalue weighted by atomic mass is 10.1. The van der Waals surface area contributed by atoms with Crippen LogP contribution >= 0.6 is 0 Å². The molecule has 0 spiro atoms. The first kappa shape index (κ1) is 13.5. The molecule has 0 fully saturated rings. The lowest BCUT2D eigenvalue weighted by Gasteiger charge is -2.10. The summed E-state index contributed by atoms with van der Waals surface area (Å²) < 4.78 is 8.60. The summed E-state index contributed by atoms with van der Waals surface area (Å²) in [7, 11) is 1.87. The smallest absolute Gasteiger partial charge is 0.255 e. The molecule has 1 aromatic carbocycles. The fourth-order valence-corrected chi connectivity index (χ4v) is 2.69. The Hall–Kier alpha value is -3.15. The summed E-state index contributed by atoms with van der Waals surface area (Å²) >= 11 is 0. The molecule has 0 aliphatic heterocycles. The second-order valence-corrected chi connectivity index (χ2v) is 5.49. The van der Waals surface area contributed by atoms with Crippen molar-refractivity contribution in [3.8, 4) is 16.8 Å². The Morgan fingerprint density at radius 2 is 2.04 bits per heavy atom.